The summed E-state index contributed by atoms with van der Waals surface area (Å²) < 4.78 is 45.8. The van der Waals surface area contributed by atoms with Crippen LogP contribution in [-0.2, 0) is 33.5 Å². The third kappa shape index (κ3) is 4.49. The molecule has 0 bridgehead atoms. The van der Waals surface area contributed by atoms with Gasteiger partial charge in [0.25, 0.3) is 11.6 Å². The summed E-state index contributed by atoms with van der Waals surface area (Å²) in [6, 6.07) is 9.98. The van der Waals surface area contributed by atoms with E-state index in [2.05, 4.69) is 4.98 Å². The third-order valence-corrected chi connectivity index (χ3v) is 5.25. The van der Waals surface area contributed by atoms with Gasteiger partial charge < -0.3 is 14.2 Å². The van der Waals surface area contributed by atoms with Crippen LogP contribution in [0.25, 0.3) is 11.0 Å². The lowest BCUT2D eigenvalue weighted by atomic mass is 10.0. The van der Waals surface area contributed by atoms with E-state index in [1.807, 2.05) is 0 Å². The number of aryl methyl sites for hydroxylation is 1. The number of hydrogen-bond donors (Lipinski definition) is 0. The normalized spacial score (nSPS) is 13.6. The maximum atomic E-state index is 13.4. The molecule has 172 valence electrons. The molecule has 0 radical (unpaired) electrons. The van der Waals surface area contributed by atoms with Crippen molar-refractivity contribution in [2.45, 2.75) is 25.6 Å². The molecule has 2 aromatic carbocycles. The highest BCUT2D eigenvalue weighted by atomic mass is 19.4. The molecule has 33 heavy (non-hydrogen) atoms. The zero-order valence-electron chi connectivity index (χ0n) is 17.0. The van der Waals surface area contributed by atoms with Crippen LogP contribution in [0, 0.1) is 10.1 Å². The molecule has 0 N–H and O–H groups in total. The first kappa shape index (κ1) is 22.2. The van der Waals surface area contributed by atoms with Gasteiger partial charge in [0.05, 0.1) is 16.0 Å². The van der Waals surface area contributed by atoms with E-state index in [0.29, 0.717) is 35.2 Å². The fourth-order valence-electron chi connectivity index (χ4n) is 3.80. The number of imidazole rings is 1. The zero-order chi connectivity index (χ0) is 23.8. The van der Waals surface area contributed by atoms with Crippen LogP contribution >= 0.6 is 0 Å². The van der Waals surface area contributed by atoms with Gasteiger partial charge in [0.1, 0.15) is 6.54 Å². The number of para-hydroxylation sites is 2. The molecule has 0 saturated carbocycles. The first-order valence-electron chi connectivity index (χ1n) is 9.91. The van der Waals surface area contributed by atoms with E-state index in [4.69, 9.17) is 4.74 Å². The number of hydrogen-bond acceptors (Lipinski definition) is 6. The van der Waals surface area contributed by atoms with E-state index in [1.54, 1.807) is 0 Å². The molecule has 3 aromatic rings. The third-order valence-electron chi connectivity index (χ3n) is 5.25. The largest absolute Gasteiger partial charge is 0.454 e. The van der Waals surface area contributed by atoms with Crippen LogP contribution in [0.4, 0.5) is 24.5 Å². The second kappa shape index (κ2) is 8.52. The molecule has 0 fully saturated rings. The van der Waals surface area contributed by atoms with E-state index in [-0.39, 0.29) is 16.7 Å². The van der Waals surface area contributed by atoms with Crippen LogP contribution in [0.1, 0.15) is 17.8 Å². The Morgan fingerprint density at radius 1 is 1.18 bits per heavy atom. The number of halogens is 3. The lowest BCUT2D eigenvalue weighted by Gasteiger charge is -2.29. The minimum absolute atomic E-state index is 0.0766. The number of nitro benzene ring substituents is 1. The molecule has 4 rings (SSSR count). The first-order valence-corrected chi connectivity index (χ1v) is 9.91. The highest BCUT2D eigenvalue weighted by molar-refractivity contribution is 5.96. The van der Waals surface area contributed by atoms with Crippen LogP contribution in [0.3, 0.4) is 0 Å². The predicted molar refractivity (Wildman–Crippen MR) is 109 cm³/mol. The van der Waals surface area contributed by atoms with E-state index in [0.717, 1.165) is 0 Å². The van der Waals surface area contributed by atoms with Gasteiger partial charge in [-0.15, -0.1) is 0 Å². The van der Waals surface area contributed by atoms with Gasteiger partial charge in [-0.3, -0.25) is 19.7 Å². The Morgan fingerprint density at radius 3 is 2.67 bits per heavy atom. The molecule has 0 saturated heterocycles. The molecular formula is C21H17F3N4O5. The Morgan fingerprint density at radius 2 is 1.94 bits per heavy atom. The van der Waals surface area contributed by atoms with E-state index >= 15 is 0 Å². The number of carbonyl (C=O) groups excluding carboxylic acids is 2. The van der Waals surface area contributed by atoms with Crippen LogP contribution in [0.15, 0.2) is 42.5 Å². The number of fused-ring (bicyclic) bond motifs is 2. The SMILES string of the molecule is O=C(Cn1c(C(F)(F)F)nc2ccccc21)OCC(=O)N1CCCc2cc([N+](=O)[O-])ccc21. The van der Waals surface area contributed by atoms with Crippen molar-refractivity contribution in [2.75, 3.05) is 18.1 Å². The molecule has 1 amide bonds. The van der Waals surface area contributed by atoms with Gasteiger partial charge in [0.2, 0.25) is 5.82 Å². The number of nitro groups is 1. The molecule has 12 heteroatoms. The molecular weight excluding hydrogens is 445 g/mol. The van der Waals surface area contributed by atoms with Crippen molar-refractivity contribution in [3.8, 4) is 0 Å². The minimum atomic E-state index is -4.78. The summed E-state index contributed by atoms with van der Waals surface area (Å²) in [4.78, 5) is 40.3. The Balaban J connectivity index is 1.47. The number of anilines is 1. The monoisotopic (exact) mass is 462 g/mol. The summed E-state index contributed by atoms with van der Waals surface area (Å²) >= 11 is 0. The van der Waals surface area contributed by atoms with Gasteiger partial charge in [-0.1, -0.05) is 12.1 Å². The van der Waals surface area contributed by atoms with E-state index < -0.39 is 42.0 Å². The predicted octanol–water partition coefficient (Wildman–Crippen LogP) is 3.49. The number of rotatable bonds is 5. The molecule has 9 nitrogen and oxygen atoms in total. The highest BCUT2D eigenvalue weighted by Gasteiger charge is 2.38. The number of aromatic nitrogens is 2. The van der Waals surface area contributed by atoms with Crippen LogP contribution < -0.4 is 4.90 Å². The smallest absolute Gasteiger partial charge is 0.449 e. The molecule has 0 atom stereocenters. The zero-order valence-corrected chi connectivity index (χ0v) is 17.0. The van der Waals surface area contributed by atoms with Crippen molar-refractivity contribution in [2.24, 2.45) is 0 Å². The number of nitrogens with zero attached hydrogens (tertiary/aromatic N) is 4. The topological polar surface area (TPSA) is 108 Å². The standard InChI is InChI=1S/C21H17F3N4O5/c22-21(23,24)20-25-15-5-1-2-6-17(15)27(20)11-19(30)33-12-18(29)26-9-3-4-13-10-14(28(31)32)7-8-16(13)26/h1-2,5-8,10H,3-4,9,11-12H2. The number of amides is 1. The summed E-state index contributed by atoms with van der Waals surface area (Å²) in [5, 5.41) is 11.0. The quantitative estimate of drug-likeness (QED) is 0.326. The Kier molecular flexibility index (Phi) is 5.75. The lowest BCUT2D eigenvalue weighted by molar-refractivity contribution is -0.384. The molecule has 0 unspecified atom stereocenters. The highest BCUT2D eigenvalue weighted by Crippen LogP contribution is 2.32. The average Bonchev–Trinajstić information content (AvgIpc) is 3.15. The number of carbonyl (C=O) groups is 2. The molecule has 0 spiro atoms. The van der Waals surface area contributed by atoms with Gasteiger partial charge in [-0.05, 0) is 36.6 Å². The number of benzene rings is 2. The molecule has 0 aliphatic carbocycles. The van der Waals surface area contributed by atoms with Crippen molar-refractivity contribution in [3.05, 3.63) is 64.0 Å². The number of ether oxygens (including phenoxy) is 1. The summed E-state index contributed by atoms with van der Waals surface area (Å²) in [7, 11) is 0. The van der Waals surface area contributed by atoms with Gasteiger partial charge >= 0.3 is 12.1 Å². The number of non-ortho nitro benzene ring substituents is 1. The summed E-state index contributed by atoms with van der Waals surface area (Å²) in [5.41, 5.74) is 1.19. The summed E-state index contributed by atoms with van der Waals surface area (Å²) in [5.74, 6) is -2.85. The van der Waals surface area contributed by atoms with Crippen LogP contribution in [-0.4, -0.2) is 39.5 Å². The lowest BCUT2D eigenvalue weighted by Crippen LogP contribution is -2.38. The van der Waals surface area contributed by atoms with Crippen molar-refractivity contribution >= 4 is 34.3 Å². The van der Waals surface area contributed by atoms with E-state index in [1.165, 1.54) is 47.4 Å². The van der Waals surface area contributed by atoms with Crippen LogP contribution in [0.5, 0.6) is 0 Å². The van der Waals surface area contributed by atoms with Gasteiger partial charge in [0, 0.05) is 24.4 Å². The second-order valence-electron chi connectivity index (χ2n) is 7.39. The van der Waals surface area contributed by atoms with Gasteiger partial charge in [0.15, 0.2) is 6.61 Å². The van der Waals surface area contributed by atoms with E-state index in [9.17, 15) is 32.9 Å². The molecule has 1 aromatic heterocycles. The van der Waals surface area contributed by atoms with Crippen LogP contribution in [0.2, 0.25) is 0 Å². The Hall–Kier alpha value is -3.96. The summed E-state index contributed by atoms with van der Waals surface area (Å²) in [6.45, 7) is -1.12. The Labute approximate surface area is 184 Å². The average molecular weight is 462 g/mol. The molecule has 2 heterocycles. The fraction of sp³-hybridized carbons (Fsp3) is 0.286. The maximum absolute atomic E-state index is 13.4. The first-order chi connectivity index (χ1) is 15.6. The Bertz CT molecular complexity index is 1250. The van der Waals surface area contributed by atoms with Crippen molar-refractivity contribution < 1.29 is 32.4 Å². The number of esters is 1. The molecule has 1 aliphatic rings. The van der Waals surface area contributed by atoms with Crippen molar-refractivity contribution in [3.63, 3.8) is 0 Å². The van der Waals surface area contributed by atoms with Gasteiger partial charge in [-0.2, -0.15) is 13.2 Å². The minimum Gasteiger partial charge on any atom is -0.454 e. The van der Waals surface area contributed by atoms with Crippen molar-refractivity contribution in [1.29, 1.82) is 0 Å². The van der Waals surface area contributed by atoms with Crippen molar-refractivity contribution in [1.82, 2.24) is 9.55 Å². The maximum Gasteiger partial charge on any atom is 0.449 e. The molecule has 1 aliphatic heterocycles. The van der Waals surface area contributed by atoms with Gasteiger partial charge in [-0.25, -0.2) is 4.98 Å². The number of alkyl halides is 3. The second-order valence-corrected chi connectivity index (χ2v) is 7.39. The fourth-order valence-corrected chi connectivity index (χ4v) is 3.80. The summed E-state index contributed by atoms with van der Waals surface area (Å²) in [6.07, 6.45) is -3.67.